The minimum atomic E-state index is -0.971. The summed E-state index contributed by atoms with van der Waals surface area (Å²) in [7, 11) is 0. The molecule has 0 aliphatic heterocycles. The van der Waals surface area contributed by atoms with Crippen molar-refractivity contribution in [1.82, 2.24) is 0 Å². The molecular formula is C13H16ClNO2. The minimum Gasteiger partial charge on any atom is -0.491 e. The van der Waals surface area contributed by atoms with Crippen LogP contribution in [0.3, 0.4) is 0 Å². The summed E-state index contributed by atoms with van der Waals surface area (Å²) in [5.74, 6) is 0.915. The zero-order valence-corrected chi connectivity index (χ0v) is 11.0. The van der Waals surface area contributed by atoms with E-state index in [9.17, 15) is 5.11 Å². The van der Waals surface area contributed by atoms with Crippen LogP contribution in [0.2, 0.25) is 0 Å². The van der Waals surface area contributed by atoms with Gasteiger partial charge in [-0.15, -0.1) is 11.6 Å². The maximum atomic E-state index is 9.93. The number of aryl methyl sites for hydroxylation is 1. The molecule has 0 fully saturated rings. The van der Waals surface area contributed by atoms with Crippen molar-refractivity contribution < 1.29 is 9.84 Å². The first kappa shape index (κ1) is 13.8. The number of hydrogen-bond donors (Lipinski definition) is 1. The number of ether oxygens (including phenoxy) is 1. The molecule has 0 bridgehead atoms. The third-order valence-electron chi connectivity index (χ3n) is 2.43. The fourth-order valence-corrected chi connectivity index (χ4v) is 1.62. The van der Waals surface area contributed by atoms with Gasteiger partial charge in [-0.05, 0) is 44.0 Å². The van der Waals surface area contributed by atoms with Crippen LogP contribution in [-0.2, 0) is 5.60 Å². The van der Waals surface area contributed by atoms with E-state index >= 15 is 0 Å². The second-order valence-electron chi connectivity index (χ2n) is 4.38. The predicted octanol–water partition coefficient (Wildman–Crippen LogP) is 2.71. The Morgan fingerprint density at radius 3 is 2.59 bits per heavy atom. The molecule has 0 saturated heterocycles. The molecule has 0 unspecified atom stereocenters. The van der Waals surface area contributed by atoms with Crippen LogP contribution in [0.4, 0.5) is 0 Å². The standard InChI is InChI=1S/C13H16ClNO2/c1-9-6-11(13(2,3)16)7-10(8-15)12(9)17-5-4-14/h6-7,16H,4-5H2,1-3H3. The Balaban J connectivity index is 3.23. The molecule has 1 aromatic carbocycles. The molecule has 0 atom stereocenters. The molecule has 0 amide bonds. The maximum Gasteiger partial charge on any atom is 0.140 e. The Morgan fingerprint density at radius 1 is 1.47 bits per heavy atom. The molecule has 0 radical (unpaired) electrons. The molecule has 0 spiro atoms. The number of alkyl halides is 1. The molecular weight excluding hydrogens is 238 g/mol. The number of nitriles is 1. The molecule has 0 aliphatic carbocycles. The number of rotatable bonds is 4. The minimum absolute atomic E-state index is 0.360. The Labute approximate surface area is 107 Å². The summed E-state index contributed by atoms with van der Waals surface area (Å²) in [6, 6.07) is 5.55. The van der Waals surface area contributed by atoms with Gasteiger partial charge in [0.15, 0.2) is 0 Å². The summed E-state index contributed by atoms with van der Waals surface area (Å²) in [4.78, 5) is 0. The van der Waals surface area contributed by atoms with Crippen molar-refractivity contribution in [2.24, 2.45) is 0 Å². The van der Waals surface area contributed by atoms with Crippen LogP contribution < -0.4 is 4.74 Å². The number of hydrogen-bond acceptors (Lipinski definition) is 3. The predicted molar refractivity (Wildman–Crippen MR) is 67.4 cm³/mol. The molecule has 0 aromatic heterocycles. The molecule has 0 aliphatic rings. The second-order valence-corrected chi connectivity index (χ2v) is 4.76. The topological polar surface area (TPSA) is 53.2 Å². The van der Waals surface area contributed by atoms with Crippen molar-refractivity contribution in [2.45, 2.75) is 26.4 Å². The van der Waals surface area contributed by atoms with Crippen LogP contribution in [0.25, 0.3) is 0 Å². The van der Waals surface area contributed by atoms with E-state index in [1.165, 1.54) is 0 Å². The van der Waals surface area contributed by atoms with Gasteiger partial charge in [-0.1, -0.05) is 0 Å². The SMILES string of the molecule is Cc1cc(C(C)(C)O)cc(C#N)c1OCCCl. The highest BCUT2D eigenvalue weighted by molar-refractivity contribution is 6.18. The van der Waals surface area contributed by atoms with E-state index in [0.717, 1.165) is 5.56 Å². The Morgan fingerprint density at radius 2 is 2.12 bits per heavy atom. The monoisotopic (exact) mass is 253 g/mol. The van der Waals surface area contributed by atoms with Gasteiger partial charge in [-0.3, -0.25) is 0 Å². The lowest BCUT2D eigenvalue weighted by atomic mass is 9.94. The van der Waals surface area contributed by atoms with Crippen molar-refractivity contribution in [3.05, 3.63) is 28.8 Å². The van der Waals surface area contributed by atoms with Gasteiger partial charge in [0.05, 0.1) is 17.0 Å². The van der Waals surface area contributed by atoms with Gasteiger partial charge in [-0.25, -0.2) is 0 Å². The van der Waals surface area contributed by atoms with Crippen LogP contribution >= 0.6 is 11.6 Å². The van der Waals surface area contributed by atoms with E-state index in [2.05, 4.69) is 6.07 Å². The number of benzene rings is 1. The fraction of sp³-hybridized carbons (Fsp3) is 0.462. The summed E-state index contributed by atoms with van der Waals surface area (Å²) in [6.07, 6.45) is 0. The zero-order chi connectivity index (χ0) is 13.1. The van der Waals surface area contributed by atoms with Crippen molar-refractivity contribution in [1.29, 1.82) is 5.26 Å². The molecule has 0 saturated carbocycles. The van der Waals surface area contributed by atoms with Gasteiger partial charge in [-0.2, -0.15) is 5.26 Å². The Kier molecular flexibility index (Phi) is 4.39. The summed E-state index contributed by atoms with van der Waals surface area (Å²) < 4.78 is 5.44. The van der Waals surface area contributed by atoms with Crippen LogP contribution in [0.1, 0.15) is 30.5 Å². The molecule has 3 nitrogen and oxygen atoms in total. The van der Waals surface area contributed by atoms with Gasteiger partial charge in [0.1, 0.15) is 18.4 Å². The van der Waals surface area contributed by atoms with Gasteiger partial charge in [0.2, 0.25) is 0 Å². The lowest BCUT2D eigenvalue weighted by Crippen LogP contribution is -2.16. The highest BCUT2D eigenvalue weighted by atomic mass is 35.5. The number of halogens is 1. The summed E-state index contributed by atoms with van der Waals surface area (Å²) >= 11 is 5.56. The summed E-state index contributed by atoms with van der Waals surface area (Å²) in [5, 5.41) is 19.0. The van der Waals surface area contributed by atoms with E-state index in [1.807, 2.05) is 13.0 Å². The normalized spacial score (nSPS) is 11.1. The van der Waals surface area contributed by atoms with Gasteiger partial charge >= 0.3 is 0 Å². The van der Waals surface area contributed by atoms with Crippen molar-refractivity contribution in [3.8, 4) is 11.8 Å². The van der Waals surface area contributed by atoms with Crippen molar-refractivity contribution in [2.75, 3.05) is 12.5 Å². The third kappa shape index (κ3) is 3.36. The molecule has 1 aromatic rings. The molecule has 1 rings (SSSR count). The van der Waals surface area contributed by atoms with Crippen LogP contribution in [0, 0.1) is 18.3 Å². The van der Waals surface area contributed by atoms with E-state index in [0.29, 0.717) is 29.4 Å². The molecule has 1 N–H and O–H groups in total. The van der Waals surface area contributed by atoms with Gasteiger partial charge in [0, 0.05) is 0 Å². The lowest BCUT2D eigenvalue weighted by molar-refractivity contribution is 0.0784. The highest BCUT2D eigenvalue weighted by Gasteiger charge is 2.19. The van der Waals surface area contributed by atoms with E-state index < -0.39 is 5.60 Å². The van der Waals surface area contributed by atoms with Gasteiger partial charge in [0.25, 0.3) is 0 Å². The van der Waals surface area contributed by atoms with Crippen molar-refractivity contribution in [3.63, 3.8) is 0 Å². The van der Waals surface area contributed by atoms with Crippen LogP contribution in [0.5, 0.6) is 5.75 Å². The molecule has 17 heavy (non-hydrogen) atoms. The van der Waals surface area contributed by atoms with Crippen LogP contribution in [0.15, 0.2) is 12.1 Å². The lowest BCUT2D eigenvalue weighted by Gasteiger charge is -2.20. The number of aliphatic hydroxyl groups is 1. The smallest absolute Gasteiger partial charge is 0.140 e. The van der Waals surface area contributed by atoms with E-state index in [-0.39, 0.29) is 0 Å². The first-order chi connectivity index (χ1) is 7.90. The largest absolute Gasteiger partial charge is 0.491 e. The Hall–Kier alpha value is -1.24. The summed E-state index contributed by atoms with van der Waals surface area (Å²) in [5.41, 5.74) is 0.977. The van der Waals surface area contributed by atoms with E-state index in [4.69, 9.17) is 21.6 Å². The zero-order valence-electron chi connectivity index (χ0n) is 10.2. The average molecular weight is 254 g/mol. The average Bonchev–Trinajstić information content (AvgIpc) is 2.25. The quantitative estimate of drug-likeness (QED) is 0.840. The van der Waals surface area contributed by atoms with Crippen molar-refractivity contribution >= 4 is 11.6 Å². The molecule has 92 valence electrons. The van der Waals surface area contributed by atoms with Crippen LogP contribution in [-0.4, -0.2) is 17.6 Å². The summed E-state index contributed by atoms with van der Waals surface area (Å²) in [6.45, 7) is 5.57. The number of nitrogens with zero attached hydrogens (tertiary/aromatic N) is 1. The fourth-order valence-electron chi connectivity index (χ4n) is 1.54. The van der Waals surface area contributed by atoms with Gasteiger partial charge < -0.3 is 9.84 Å². The molecule has 0 heterocycles. The first-order valence-electron chi connectivity index (χ1n) is 5.36. The Bertz CT molecular complexity index is 444. The molecule has 4 heteroatoms. The maximum absolute atomic E-state index is 9.93. The highest BCUT2D eigenvalue weighted by Crippen LogP contribution is 2.30. The third-order valence-corrected chi connectivity index (χ3v) is 2.58. The second kappa shape index (κ2) is 5.39. The first-order valence-corrected chi connectivity index (χ1v) is 5.90. The van der Waals surface area contributed by atoms with E-state index in [1.54, 1.807) is 19.9 Å².